The number of unbranched alkanes of at least 4 members (excludes halogenated alkanes) is 6. The molecule has 0 bridgehead atoms. The Morgan fingerprint density at radius 3 is 2.48 bits per heavy atom. The Balaban J connectivity index is 1.96. The number of aromatic nitrogens is 1. The monoisotopic (exact) mass is 315 g/mol. The molecule has 23 heavy (non-hydrogen) atoms. The first-order valence-corrected chi connectivity index (χ1v) is 9.01. The lowest BCUT2D eigenvalue weighted by Gasteiger charge is -2.07. The number of hydrogen-bond donors (Lipinski definition) is 0. The van der Waals surface area contributed by atoms with Crippen LogP contribution >= 0.6 is 0 Å². The van der Waals surface area contributed by atoms with Crippen molar-refractivity contribution in [2.24, 2.45) is 0 Å². The van der Waals surface area contributed by atoms with Crippen LogP contribution in [0.3, 0.4) is 0 Å². The van der Waals surface area contributed by atoms with Gasteiger partial charge in [-0.3, -0.25) is 4.79 Å². The standard InChI is InChI=1S/C20H29NO2/c1-3-5-6-7-8-9-10-13-21-15-17(16-22)19-14-18(23-4-2)11-12-20(19)21/h11-12,14-16H,3-10,13H2,1-2H3. The minimum Gasteiger partial charge on any atom is -0.494 e. The number of ether oxygens (including phenoxy) is 1. The summed E-state index contributed by atoms with van der Waals surface area (Å²) in [5.74, 6) is 0.830. The van der Waals surface area contributed by atoms with Crippen LogP contribution in [0.5, 0.6) is 5.75 Å². The number of carbonyl (C=O) groups is 1. The van der Waals surface area contributed by atoms with Crippen molar-refractivity contribution in [2.75, 3.05) is 6.61 Å². The molecule has 0 amide bonds. The van der Waals surface area contributed by atoms with E-state index in [1.807, 2.05) is 25.3 Å². The van der Waals surface area contributed by atoms with Gasteiger partial charge in [0.25, 0.3) is 0 Å². The van der Waals surface area contributed by atoms with E-state index in [4.69, 9.17) is 4.74 Å². The Bertz CT molecular complexity index is 615. The number of fused-ring (bicyclic) bond motifs is 1. The van der Waals surface area contributed by atoms with Gasteiger partial charge in [-0.05, 0) is 31.5 Å². The van der Waals surface area contributed by atoms with Crippen molar-refractivity contribution in [2.45, 2.75) is 65.3 Å². The number of hydrogen-bond acceptors (Lipinski definition) is 2. The second-order valence-corrected chi connectivity index (χ2v) is 6.13. The Kier molecular flexibility index (Phi) is 7.18. The molecule has 1 heterocycles. The fourth-order valence-corrected chi connectivity index (χ4v) is 3.08. The molecule has 0 saturated heterocycles. The molecule has 2 rings (SSSR count). The molecule has 3 nitrogen and oxygen atoms in total. The Morgan fingerprint density at radius 2 is 1.78 bits per heavy atom. The van der Waals surface area contributed by atoms with E-state index in [9.17, 15) is 4.79 Å². The summed E-state index contributed by atoms with van der Waals surface area (Å²) in [5.41, 5.74) is 1.88. The van der Waals surface area contributed by atoms with E-state index in [0.29, 0.717) is 6.61 Å². The van der Waals surface area contributed by atoms with Gasteiger partial charge < -0.3 is 9.30 Å². The summed E-state index contributed by atoms with van der Waals surface area (Å²) in [6.07, 6.45) is 12.0. The molecule has 1 aromatic heterocycles. The first-order valence-electron chi connectivity index (χ1n) is 9.01. The largest absolute Gasteiger partial charge is 0.494 e. The van der Waals surface area contributed by atoms with Crippen molar-refractivity contribution in [3.05, 3.63) is 30.0 Å². The zero-order valence-corrected chi connectivity index (χ0v) is 14.5. The maximum absolute atomic E-state index is 11.3. The first kappa shape index (κ1) is 17.6. The average molecular weight is 315 g/mol. The molecule has 0 aliphatic heterocycles. The van der Waals surface area contributed by atoms with Gasteiger partial charge in [-0.25, -0.2) is 0 Å². The number of rotatable bonds is 11. The molecule has 0 saturated carbocycles. The van der Waals surface area contributed by atoms with E-state index in [1.165, 1.54) is 44.9 Å². The molecule has 0 aliphatic rings. The van der Waals surface area contributed by atoms with Gasteiger partial charge in [-0.15, -0.1) is 0 Å². The summed E-state index contributed by atoms with van der Waals surface area (Å²) < 4.78 is 7.75. The summed E-state index contributed by atoms with van der Waals surface area (Å²) in [7, 11) is 0. The summed E-state index contributed by atoms with van der Waals surface area (Å²) in [4.78, 5) is 11.3. The normalized spacial score (nSPS) is 11.0. The molecule has 126 valence electrons. The predicted octanol–water partition coefficient (Wildman–Crippen LogP) is 5.60. The van der Waals surface area contributed by atoms with Crippen LogP contribution in [0.4, 0.5) is 0 Å². The van der Waals surface area contributed by atoms with E-state index in [2.05, 4.69) is 17.6 Å². The van der Waals surface area contributed by atoms with Crippen LogP contribution in [0.2, 0.25) is 0 Å². The minimum atomic E-state index is 0.640. The second kappa shape index (κ2) is 9.39. The highest BCUT2D eigenvalue weighted by Crippen LogP contribution is 2.26. The number of carbonyl (C=O) groups excluding carboxylic acids is 1. The highest BCUT2D eigenvalue weighted by molar-refractivity contribution is 5.98. The quantitative estimate of drug-likeness (QED) is 0.399. The maximum atomic E-state index is 11.3. The molecular formula is C20H29NO2. The Morgan fingerprint density at radius 1 is 1.04 bits per heavy atom. The van der Waals surface area contributed by atoms with Gasteiger partial charge in [0.2, 0.25) is 0 Å². The molecular weight excluding hydrogens is 286 g/mol. The number of aryl methyl sites for hydroxylation is 1. The van der Waals surface area contributed by atoms with Gasteiger partial charge in [0.05, 0.1) is 6.61 Å². The smallest absolute Gasteiger partial charge is 0.152 e. The van der Waals surface area contributed by atoms with Gasteiger partial charge in [-0.1, -0.05) is 45.4 Å². The lowest BCUT2D eigenvalue weighted by atomic mass is 10.1. The van der Waals surface area contributed by atoms with E-state index in [1.54, 1.807) is 0 Å². The summed E-state index contributed by atoms with van der Waals surface area (Å²) in [5, 5.41) is 0.994. The molecule has 0 fully saturated rings. The molecule has 0 unspecified atom stereocenters. The van der Waals surface area contributed by atoms with E-state index >= 15 is 0 Å². The third kappa shape index (κ3) is 4.85. The first-order chi connectivity index (χ1) is 11.3. The number of nitrogens with zero attached hydrogens (tertiary/aromatic N) is 1. The third-order valence-electron chi connectivity index (χ3n) is 4.32. The molecule has 0 aliphatic carbocycles. The van der Waals surface area contributed by atoms with Crippen molar-refractivity contribution >= 4 is 17.2 Å². The summed E-state index contributed by atoms with van der Waals surface area (Å²) in [6, 6.07) is 6.03. The van der Waals surface area contributed by atoms with Crippen LogP contribution in [0.15, 0.2) is 24.4 Å². The van der Waals surface area contributed by atoms with Crippen LogP contribution in [-0.4, -0.2) is 17.5 Å². The topological polar surface area (TPSA) is 31.2 Å². The van der Waals surface area contributed by atoms with Crippen LogP contribution in [0, 0.1) is 0 Å². The second-order valence-electron chi connectivity index (χ2n) is 6.13. The van der Waals surface area contributed by atoms with Crippen LogP contribution in [0.25, 0.3) is 10.9 Å². The average Bonchev–Trinajstić information content (AvgIpc) is 2.92. The molecule has 0 radical (unpaired) electrons. The van der Waals surface area contributed by atoms with E-state index in [0.717, 1.165) is 35.0 Å². The highest BCUT2D eigenvalue weighted by Gasteiger charge is 2.09. The van der Waals surface area contributed by atoms with Crippen molar-refractivity contribution in [1.29, 1.82) is 0 Å². The minimum absolute atomic E-state index is 0.640. The molecule has 0 N–H and O–H groups in total. The summed E-state index contributed by atoms with van der Waals surface area (Å²) in [6.45, 7) is 5.84. The van der Waals surface area contributed by atoms with Crippen LogP contribution < -0.4 is 4.74 Å². The molecule has 0 atom stereocenters. The van der Waals surface area contributed by atoms with E-state index < -0.39 is 0 Å². The predicted molar refractivity (Wildman–Crippen MR) is 96.5 cm³/mol. The van der Waals surface area contributed by atoms with Crippen molar-refractivity contribution in [3.8, 4) is 5.75 Å². The molecule has 1 aromatic carbocycles. The van der Waals surface area contributed by atoms with Gasteiger partial charge >= 0.3 is 0 Å². The van der Waals surface area contributed by atoms with E-state index in [-0.39, 0.29) is 0 Å². The van der Waals surface area contributed by atoms with Crippen LogP contribution in [0.1, 0.15) is 69.2 Å². The van der Waals surface area contributed by atoms with Crippen molar-refractivity contribution in [1.82, 2.24) is 4.57 Å². The fraction of sp³-hybridized carbons (Fsp3) is 0.550. The highest BCUT2D eigenvalue weighted by atomic mass is 16.5. The molecule has 0 spiro atoms. The Hall–Kier alpha value is -1.77. The van der Waals surface area contributed by atoms with Gasteiger partial charge in [-0.2, -0.15) is 0 Å². The number of benzene rings is 1. The van der Waals surface area contributed by atoms with Gasteiger partial charge in [0.15, 0.2) is 6.29 Å². The number of aldehydes is 1. The van der Waals surface area contributed by atoms with Gasteiger partial charge in [0, 0.05) is 29.2 Å². The lowest BCUT2D eigenvalue weighted by molar-refractivity contribution is 0.112. The molecule has 3 heteroatoms. The zero-order valence-electron chi connectivity index (χ0n) is 14.5. The van der Waals surface area contributed by atoms with Crippen LogP contribution in [-0.2, 0) is 6.54 Å². The lowest BCUT2D eigenvalue weighted by Crippen LogP contribution is -1.96. The Labute approximate surface area is 139 Å². The zero-order chi connectivity index (χ0) is 16.5. The summed E-state index contributed by atoms with van der Waals surface area (Å²) >= 11 is 0. The SMILES string of the molecule is CCCCCCCCCn1cc(C=O)c2cc(OCC)ccc21. The molecule has 2 aromatic rings. The van der Waals surface area contributed by atoms with Gasteiger partial charge in [0.1, 0.15) is 5.75 Å². The third-order valence-corrected chi connectivity index (χ3v) is 4.32. The fourth-order valence-electron chi connectivity index (χ4n) is 3.08. The maximum Gasteiger partial charge on any atom is 0.152 e. The van der Waals surface area contributed by atoms with Crippen molar-refractivity contribution in [3.63, 3.8) is 0 Å². The van der Waals surface area contributed by atoms with Crippen molar-refractivity contribution < 1.29 is 9.53 Å².